The third kappa shape index (κ3) is 3.74. The molecule has 0 saturated carbocycles. The zero-order chi connectivity index (χ0) is 12.1. The van der Waals surface area contributed by atoms with Gasteiger partial charge in [-0.25, -0.2) is 0 Å². The van der Waals surface area contributed by atoms with E-state index < -0.39 is 23.9 Å². The predicted molar refractivity (Wildman–Crippen MR) is 53.7 cm³/mol. The standard InChI is InChI=1S/C10H19F2NO2/c1-4-6-7(3)8(14)10(11,12)9(15)13-5-2/h7-8,14H,4-6H2,1-3H3,(H,13,15)/t7-,8?/m0/s1. The molecule has 1 unspecified atom stereocenters. The van der Waals surface area contributed by atoms with Gasteiger partial charge in [-0.2, -0.15) is 8.78 Å². The zero-order valence-corrected chi connectivity index (χ0v) is 9.39. The fraction of sp³-hybridized carbons (Fsp3) is 0.900. The minimum absolute atomic E-state index is 0.128. The van der Waals surface area contributed by atoms with Crippen molar-refractivity contribution in [2.45, 2.75) is 45.6 Å². The van der Waals surface area contributed by atoms with Gasteiger partial charge in [0.25, 0.3) is 5.91 Å². The first-order valence-corrected chi connectivity index (χ1v) is 5.22. The van der Waals surface area contributed by atoms with Crippen LogP contribution in [0.2, 0.25) is 0 Å². The van der Waals surface area contributed by atoms with Crippen LogP contribution in [0, 0.1) is 5.92 Å². The minimum Gasteiger partial charge on any atom is -0.386 e. The van der Waals surface area contributed by atoms with Crippen molar-refractivity contribution in [1.82, 2.24) is 5.32 Å². The molecule has 2 atom stereocenters. The predicted octanol–water partition coefficient (Wildman–Crippen LogP) is 1.55. The quantitative estimate of drug-likeness (QED) is 0.717. The van der Waals surface area contributed by atoms with E-state index in [0.717, 1.165) is 0 Å². The molecule has 15 heavy (non-hydrogen) atoms. The Morgan fingerprint density at radius 1 is 1.47 bits per heavy atom. The first-order valence-electron chi connectivity index (χ1n) is 5.22. The molecule has 0 fully saturated rings. The summed E-state index contributed by atoms with van der Waals surface area (Å²) in [6.45, 7) is 5.04. The number of halogens is 2. The van der Waals surface area contributed by atoms with Crippen LogP contribution in [0.1, 0.15) is 33.6 Å². The number of amides is 1. The van der Waals surface area contributed by atoms with E-state index in [1.165, 1.54) is 6.92 Å². The Hall–Kier alpha value is -0.710. The zero-order valence-electron chi connectivity index (χ0n) is 9.39. The third-order valence-corrected chi connectivity index (χ3v) is 2.29. The molecule has 5 heteroatoms. The van der Waals surface area contributed by atoms with Crippen LogP contribution in [0.3, 0.4) is 0 Å². The van der Waals surface area contributed by atoms with Gasteiger partial charge in [-0.15, -0.1) is 0 Å². The van der Waals surface area contributed by atoms with Gasteiger partial charge in [-0.05, 0) is 19.3 Å². The van der Waals surface area contributed by atoms with Gasteiger partial charge in [0.15, 0.2) is 0 Å². The summed E-state index contributed by atoms with van der Waals surface area (Å²) in [5.41, 5.74) is 0. The van der Waals surface area contributed by atoms with Crippen LogP contribution in [-0.2, 0) is 4.79 Å². The summed E-state index contributed by atoms with van der Waals surface area (Å²) in [5, 5.41) is 11.4. The fourth-order valence-corrected chi connectivity index (χ4v) is 1.38. The van der Waals surface area contributed by atoms with Crippen molar-refractivity contribution in [2.75, 3.05) is 6.54 Å². The van der Waals surface area contributed by atoms with E-state index in [9.17, 15) is 18.7 Å². The van der Waals surface area contributed by atoms with Gasteiger partial charge < -0.3 is 10.4 Å². The topological polar surface area (TPSA) is 49.3 Å². The lowest BCUT2D eigenvalue weighted by molar-refractivity contribution is -0.169. The Labute approximate surface area is 88.9 Å². The molecule has 90 valence electrons. The summed E-state index contributed by atoms with van der Waals surface area (Å²) in [6.07, 6.45) is -0.746. The van der Waals surface area contributed by atoms with Crippen molar-refractivity contribution in [3.63, 3.8) is 0 Å². The van der Waals surface area contributed by atoms with E-state index in [4.69, 9.17) is 0 Å². The smallest absolute Gasteiger partial charge is 0.349 e. The molecule has 2 N–H and O–H groups in total. The lowest BCUT2D eigenvalue weighted by atomic mass is 9.94. The van der Waals surface area contributed by atoms with Gasteiger partial charge in [0.1, 0.15) is 6.10 Å². The maximum Gasteiger partial charge on any atom is 0.349 e. The lowest BCUT2D eigenvalue weighted by Crippen LogP contribution is -2.50. The average Bonchev–Trinajstić information content (AvgIpc) is 2.17. The molecular weight excluding hydrogens is 204 g/mol. The largest absolute Gasteiger partial charge is 0.386 e. The van der Waals surface area contributed by atoms with Crippen molar-refractivity contribution >= 4 is 5.91 Å². The minimum atomic E-state index is -3.70. The Bertz CT molecular complexity index is 210. The molecule has 0 aliphatic rings. The highest BCUT2D eigenvalue weighted by atomic mass is 19.3. The number of alkyl halides is 2. The SMILES string of the molecule is CCC[C@H](C)C(O)C(F)(F)C(=O)NCC. The molecule has 0 aliphatic carbocycles. The number of hydrogen-bond acceptors (Lipinski definition) is 2. The highest BCUT2D eigenvalue weighted by molar-refractivity contribution is 5.84. The monoisotopic (exact) mass is 223 g/mol. The fourth-order valence-electron chi connectivity index (χ4n) is 1.38. The molecule has 0 spiro atoms. The van der Waals surface area contributed by atoms with Crippen molar-refractivity contribution in [1.29, 1.82) is 0 Å². The third-order valence-electron chi connectivity index (χ3n) is 2.29. The van der Waals surface area contributed by atoms with E-state index in [2.05, 4.69) is 0 Å². The van der Waals surface area contributed by atoms with Crippen molar-refractivity contribution < 1.29 is 18.7 Å². The van der Waals surface area contributed by atoms with Crippen molar-refractivity contribution in [2.24, 2.45) is 5.92 Å². The summed E-state index contributed by atoms with van der Waals surface area (Å²) < 4.78 is 26.6. The van der Waals surface area contributed by atoms with Crippen LogP contribution in [0.25, 0.3) is 0 Å². The molecule has 0 rings (SSSR count). The molecule has 0 aliphatic heterocycles. The van der Waals surface area contributed by atoms with Crippen LogP contribution in [0.15, 0.2) is 0 Å². The number of hydrogen-bond donors (Lipinski definition) is 2. The Kier molecular flexibility index (Phi) is 5.72. The number of nitrogens with one attached hydrogen (secondary N) is 1. The molecule has 1 amide bonds. The molecule has 0 radical (unpaired) electrons. The van der Waals surface area contributed by atoms with Crippen molar-refractivity contribution in [3.05, 3.63) is 0 Å². The Morgan fingerprint density at radius 3 is 2.40 bits per heavy atom. The van der Waals surface area contributed by atoms with Crippen LogP contribution in [-0.4, -0.2) is 29.6 Å². The molecule has 0 aromatic heterocycles. The summed E-state index contributed by atoms with van der Waals surface area (Å²) in [5.74, 6) is -5.70. The van der Waals surface area contributed by atoms with Gasteiger partial charge >= 0.3 is 5.92 Å². The molecule has 0 heterocycles. The number of aliphatic hydroxyl groups excluding tert-OH is 1. The Morgan fingerprint density at radius 2 is 2.00 bits per heavy atom. The van der Waals surface area contributed by atoms with E-state index >= 15 is 0 Å². The van der Waals surface area contributed by atoms with Gasteiger partial charge in [0, 0.05) is 6.54 Å². The summed E-state index contributed by atoms with van der Waals surface area (Å²) >= 11 is 0. The lowest BCUT2D eigenvalue weighted by Gasteiger charge is -2.26. The molecule has 3 nitrogen and oxygen atoms in total. The first-order chi connectivity index (χ1) is 6.87. The highest BCUT2D eigenvalue weighted by Gasteiger charge is 2.48. The number of aliphatic hydroxyl groups is 1. The average molecular weight is 223 g/mol. The molecular formula is C10H19F2NO2. The van der Waals surface area contributed by atoms with Crippen LogP contribution in [0.4, 0.5) is 8.78 Å². The molecule has 0 aromatic carbocycles. The van der Waals surface area contributed by atoms with Crippen molar-refractivity contribution in [3.8, 4) is 0 Å². The molecule has 0 bridgehead atoms. The van der Waals surface area contributed by atoms with E-state index in [-0.39, 0.29) is 6.54 Å². The number of carbonyl (C=O) groups excluding carboxylic acids is 1. The maximum atomic E-state index is 13.3. The molecule has 0 aromatic rings. The van der Waals surface area contributed by atoms with E-state index in [1.54, 1.807) is 6.92 Å². The number of carbonyl (C=O) groups is 1. The Balaban J connectivity index is 4.48. The second-order valence-corrected chi connectivity index (χ2v) is 3.69. The van der Waals surface area contributed by atoms with E-state index in [0.29, 0.717) is 12.8 Å². The summed E-state index contributed by atoms with van der Waals surface area (Å²) in [7, 11) is 0. The van der Waals surface area contributed by atoms with Gasteiger partial charge in [0.05, 0.1) is 0 Å². The molecule has 0 saturated heterocycles. The van der Waals surface area contributed by atoms with Gasteiger partial charge in [-0.3, -0.25) is 4.79 Å². The normalized spacial score (nSPS) is 15.9. The second-order valence-electron chi connectivity index (χ2n) is 3.69. The highest BCUT2D eigenvalue weighted by Crippen LogP contribution is 2.26. The van der Waals surface area contributed by atoms with Gasteiger partial charge in [0.2, 0.25) is 0 Å². The van der Waals surface area contributed by atoms with Gasteiger partial charge in [-0.1, -0.05) is 20.3 Å². The summed E-state index contributed by atoms with van der Waals surface area (Å²) in [6, 6.07) is 0. The van der Waals surface area contributed by atoms with E-state index in [1.807, 2.05) is 12.2 Å². The summed E-state index contributed by atoms with van der Waals surface area (Å²) in [4.78, 5) is 11.0. The number of rotatable bonds is 6. The first kappa shape index (κ1) is 14.3. The van der Waals surface area contributed by atoms with Crippen LogP contribution in [0.5, 0.6) is 0 Å². The van der Waals surface area contributed by atoms with Crippen LogP contribution < -0.4 is 5.32 Å². The second kappa shape index (κ2) is 6.00. The van der Waals surface area contributed by atoms with Crippen LogP contribution >= 0.6 is 0 Å². The maximum absolute atomic E-state index is 13.3.